The molecule has 1 saturated heterocycles. The van der Waals surface area contributed by atoms with E-state index >= 15 is 0 Å². The van der Waals surface area contributed by atoms with Crippen LogP contribution in [0.4, 0.5) is 0 Å². The number of hydrogen-bond donors (Lipinski definition) is 4. The first-order valence-electron chi connectivity index (χ1n) is 12.7. The molecule has 1 unspecified atom stereocenters. The molecule has 0 aromatic heterocycles. The van der Waals surface area contributed by atoms with Gasteiger partial charge >= 0.3 is 11.9 Å². The molecular formula is C24H45N6O2+. The van der Waals surface area contributed by atoms with Crippen LogP contribution in [0.25, 0.3) is 0 Å². The van der Waals surface area contributed by atoms with Crippen LogP contribution in [0.1, 0.15) is 96.8 Å². The van der Waals surface area contributed by atoms with Crippen molar-refractivity contribution in [3.63, 3.8) is 0 Å². The maximum Gasteiger partial charge on any atom is 0.338 e. The summed E-state index contributed by atoms with van der Waals surface area (Å²) in [4.78, 5) is 22.5. The molecule has 0 aromatic rings. The number of nitrogens with zero attached hydrogens (tertiary/aromatic N) is 2. The van der Waals surface area contributed by atoms with Crippen LogP contribution in [-0.4, -0.2) is 48.5 Å². The second-order valence-electron chi connectivity index (χ2n) is 8.96. The monoisotopic (exact) mass is 449 g/mol. The molecule has 0 spiro atoms. The zero-order valence-corrected chi connectivity index (χ0v) is 20.0. The number of nitrogens with one attached hydrogen (secondary N) is 1. The normalized spacial score (nSPS) is 17.8. The second-order valence-corrected chi connectivity index (χ2v) is 8.96. The highest BCUT2D eigenvalue weighted by molar-refractivity contribution is 5.95. The van der Waals surface area contributed by atoms with E-state index in [1.54, 1.807) is 0 Å². The van der Waals surface area contributed by atoms with Crippen LogP contribution in [-0.2, 0) is 9.53 Å². The second kappa shape index (κ2) is 14.7. The first-order chi connectivity index (χ1) is 15.5. The Bertz CT molecular complexity index is 669. The van der Waals surface area contributed by atoms with Crippen molar-refractivity contribution >= 4 is 17.9 Å². The summed E-state index contributed by atoms with van der Waals surface area (Å²) in [5.41, 5.74) is 18.7. The number of fused-ring (bicyclic) bond motifs is 1. The molecule has 32 heavy (non-hydrogen) atoms. The molecule has 7 N–H and O–H groups in total. The third-order valence-corrected chi connectivity index (χ3v) is 6.26. The molecule has 8 heteroatoms. The fraction of sp³-hybridized carbons (Fsp3) is 0.792. The summed E-state index contributed by atoms with van der Waals surface area (Å²) in [6.07, 6.45) is 15.8. The number of hydrogen-bond acceptors (Lipinski definition) is 5. The van der Waals surface area contributed by atoms with Crippen LogP contribution in [0, 0.1) is 0 Å². The number of aliphatic imine (C=N–C) groups is 1. The van der Waals surface area contributed by atoms with E-state index in [4.69, 9.17) is 26.9 Å². The lowest BCUT2D eigenvalue weighted by Crippen LogP contribution is -2.78. The van der Waals surface area contributed by atoms with E-state index in [0.29, 0.717) is 19.1 Å². The molecule has 1 atom stereocenters. The number of allylic oxidation sites excluding steroid dienone is 1. The van der Waals surface area contributed by atoms with Gasteiger partial charge in [-0.1, -0.05) is 64.7 Å². The lowest BCUT2D eigenvalue weighted by molar-refractivity contribution is -0.459. The van der Waals surface area contributed by atoms with E-state index in [2.05, 4.69) is 11.9 Å². The lowest BCUT2D eigenvalue weighted by Gasteiger charge is -2.30. The predicted octanol–water partition coefficient (Wildman–Crippen LogP) is 1.63. The summed E-state index contributed by atoms with van der Waals surface area (Å²) in [6.45, 7) is 4.13. The van der Waals surface area contributed by atoms with Crippen molar-refractivity contribution in [2.45, 2.75) is 103 Å². The highest BCUT2D eigenvalue weighted by Gasteiger charge is 2.36. The Hall–Kier alpha value is -2.25. The average Bonchev–Trinajstić information content (AvgIpc) is 3.25. The van der Waals surface area contributed by atoms with Crippen LogP contribution in [0.2, 0.25) is 0 Å². The summed E-state index contributed by atoms with van der Waals surface area (Å²) in [5, 5.41) is 0. The van der Waals surface area contributed by atoms with Gasteiger partial charge in [-0.2, -0.15) is 0 Å². The third-order valence-electron chi connectivity index (χ3n) is 6.26. The van der Waals surface area contributed by atoms with Crippen LogP contribution in [0.5, 0.6) is 0 Å². The van der Waals surface area contributed by atoms with Crippen molar-refractivity contribution in [3.05, 3.63) is 11.3 Å². The van der Waals surface area contributed by atoms with E-state index in [1.165, 1.54) is 51.4 Å². The number of carbonyl (C=O) groups excluding carboxylic acids is 1. The minimum Gasteiger partial charge on any atom is -0.462 e. The largest absolute Gasteiger partial charge is 0.462 e. The molecule has 0 saturated carbocycles. The maximum atomic E-state index is 13.0. The van der Waals surface area contributed by atoms with Gasteiger partial charge in [-0.3, -0.25) is 16.5 Å². The highest BCUT2D eigenvalue weighted by atomic mass is 16.5. The van der Waals surface area contributed by atoms with E-state index in [1.807, 2.05) is 4.90 Å². The zero-order chi connectivity index (χ0) is 23.2. The van der Waals surface area contributed by atoms with Gasteiger partial charge in [-0.25, -0.2) is 9.79 Å². The molecule has 2 heterocycles. The molecule has 0 aliphatic carbocycles. The molecule has 0 radical (unpaired) electrons. The van der Waals surface area contributed by atoms with Gasteiger partial charge in [0.15, 0.2) is 5.96 Å². The van der Waals surface area contributed by atoms with Crippen LogP contribution < -0.4 is 22.2 Å². The first-order valence-corrected chi connectivity index (χ1v) is 12.7. The van der Waals surface area contributed by atoms with Crippen molar-refractivity contribution in [2.75, 3.05) is 19.7 Å². The average molecular weight is 450 g/mol. The van der Waals surface area contributed by atoms with Crippen molar-refractivity contribution in [1.29, 1.82) is 0 Å². The van der Waals surface area contributed by atoms with Gasteiger partial charge in [-0.05, 0) is 32.1 Å². The number of nitrogens with two attached hydrogens (primary N) is 3. The van der Waals surface area contributed by atoms with E-state index < -0.39 is 0 Å². The van der Waals surface area contributed by atoms with Crippen molar-refractivity contribution < 1.29 is 14.5 Å². The van der Waals surface area contributed by atoms with Gasteiger partial charge in [0.25, 0.3) is 0 Å². The van der Waals surface area contributed by atoms with Crippen LogP contribution in [0.15, 0.2) is 16.3 Å². The van der Waals surface area contributed by atoms with Gasteiger partial charge in [0.05, 0.1) is 24.8 Å². The summed E-state index contributed by atoms with van der Waals surface area (Å²) in [5.74, 6) is 0.533. The van der Waals surface area contributed by atoms with Gasteiger partial charge < -0.3 is 15.4 Å². The number of esters is 1. The third kappa shape index (κ3) is 8.71. The SMILES string of the molecule is CCCCCCCCCCCC1N=C(N)N2CCCC2=C1C(=O)OCCCC[NH+]=C(N)N. The standard InChI is InChI=1S/C24H44N6O2/c1-2-3-4-5-6-7-8-9-10-14-19-21(20-15-13-17-30(20)24(27)29-19)22(31)32-18-12-11-16-28-23(25)26/h19H,2-18H2,1H3,(H2,27,29)(H4,25,26,28)/p+1. The molecule has 0 aromatic carbocycles. The minimum absolute atomic E-state index is 0.176. The van der Waals surface area contributed by atoms with Gasteiger partial charge in [0, 0.05) is 12.2 Å². The van der Waals surface area contributed by atoms with Gasteiger partial charge in [-0.15, -0.1) is 0 Å². The molecule has 2 aliphatic rings. The van der Waals surface area contributed by atoms with Gasteiger partial charge in [0.2, 0.25) is 0 Å². The Balaban J connectivity index is 1.80. The van der Waals surface area contributed by atoms with Gasteiger partial charge in [0.1, 0.15) is 0 Å². The highest BCUT2D eigenvalue weighted by Crippen LogP contribution is 2.33. The van der Waals surface area contributed by atoms with E-state index in [-0.39, 0.29) is 18.0 Å². The number of unbranched alkanes of at least 4 members (excludes halogenated alkanes) is 9. The number of carbonyl (C=O) groups is 1. The Morgan fingerprint density at radius 1 is 1.06 bits per heavy atom. The smallest absolute Gasteiger partial charge is 0.338 e. The van der Waals surface area contributed by atoms with E-state index in [0.717, 1.165) is 56.3 Å². The number of ether oxygens (including phenoxy) is 1. The summed E-state index contributed by atoms with van der Waals surface area (Å²) >= 11 is 0. The lowest BCUT2D eigenvalue weighted by atomic mass is 9.96. The quantitative estimate of drug-likeness (QED) is 0.122. The summed E-state index contributed by atoms with van der Waals surface area (Å²) < 4.78 is 5.62. The topological polar surface area (TPSA) is 134 Å². The maximum absolute atomic E-state index is 13.0. The molecule has 0 bridgehead atoms. The number of rotatable bonds is 16. The molecule has 8 nitrogen and oxygen atoms in total. The fourth-order valence-corrected chi connectivity index (χ4v) is 4.51. The Morgan fingerprint density at radius 2 is 1.75 bits per heavy atom. The summed E-state index contributed by atoms with van der Waals surface area (Å²) in [7, 11) is 0. The van der Waals surface area contributed by atoms with Crippen LogP contribution >= 0.6 is 0 Å². The first kappa shape index (κ1) is 26.0. The molecular weight excluding hydrogens is 404 g/mol. The molecule has 1 fully saturated rings. The van der Waals surface area contributed by atoms with Crippen molar-refractivity contribution in [1.82, 2.24) is 4.90 Å². The summed E-state index contributed by atoms with van der Waals surface area (Å²) in [6, 6.07) is -0.176. The molecule has 2 rings (SSSR count). The molecule has 0 amide bonds. The Morgan fingerprint density at radius 3 is 2.44 bits per heavy atom. The Labute approximate surface area is 193 Å². The van der Waals surface area contributed by atoms with Crippen molar-refractivity contribution in [3.8, 4) is 0 Å². The Kier molecular flexibility index (Phi) is 12.0. The molecule has 182 valence electrons. The fourth-order valence-electron chi connectivity index (χ4n) is 4.51. The van der Waals surface area contributed by atoms with E-state index in [9.17, 15) is 4.79 Å². The molecule has 2 aliphatic heterocycles. The zero-order valence-electron chi connectivity index (χ0n) is 20.0. The minimum atomic E-state index is -0.234. The number of guanidine groups is 2. The predicted molar refractivity (Wildman–Crippen MR) is 130 cm³/mol. The van der Waals surface area contributed by atoms with Crippen molar-refractivity contribution in [2.24, 2.45) is 22.2 Å². The van der Waals surface area contributed by atoms with Crippen LogP contribution in [0.3, 0.4) is 0 Å².